The van der Waals surface area contributed by atoms with E-state index in [1.165, 1.54) is 5.56 Å². The molecule has 0 amide bonds. The van der Waals surface area contributed by atoms with Crippen molar-refractivity contribution in [3.8, 4) is 11.5 Å². The number of rotatable bonds is 7. The molecule has 2 unspecified atom stereocenters. The van der Waals surface area contributed by atoms with E-state index in [4.69, 9.17) is 14.5 Å². The number of hydrogen-bond donors (Lipinski definition) is 2. The summed E-state index contributed by atoms with van der Waals surface area (Å²) in [7, 11) is 5.13. The smallest absolute Gasteiger partial charge is 0.194 e. The molecule has 30 heavy (non-hydrogen) atoms. The molecular formula is C21H32IN5O3. The molecule has 1 aliphatic heterocycles. The number of benzene rings is 1. The third kappa shape index (κ3) is 6.00. The first-order valence-corrected chi connectivity index (χ1v) is 9.96. The zero-order chi connectivity index (χ0) is 20.8. The van der Waals surface area contributed by atoms with Gasteiger partial charge < -0.3 is 24.8 Å². The Morgan fingerprint density at radius 2 is 2.00 bits per heavy atom. The van der Waals surface area contributed by atoms with Crippen LogP contribution in [0.2, 0.25) is 0 Å². The zero-order valence-electron chi connectivity index (χ0n) is 18.0. The number of nitrogens with one attached hydrogen (secondary N) is 1. The SMILES string of the molecule is CCNC(=NCC(O)c1cc(OC)cc(OC)c1)N1CCC(c2cnn(C)c2)C1.I. The molecule has 1 fully saturated rings. The average molecular weight is 529 g/mol. The van der Waals surface area contributed by atoms with Crippen molar-refractivity contribution in [2.75, 3.05) is 40.4 Å². The van der Waals surface area contributed by atoms with E-state index in [-0.39, 0.29) is 30.5 Å². The van der Waals surface area contributed by atoms with Crippen molar-refractivity contribution >= 4 is 29.9 Å². The van der Waals surface area contributed by atoms with Crippen LogP contribution in [0.3, 0.4) is 0 Å². The van der Waals surface area contributed by atoms with Gasteiger partial charge in [-0.25, -0.2) is 0 Å². The third-order valence-corrected chi connectivity index (χ3v) is 5.19. The summed E-state index contributed by atoms with van der Waals surface area (Å²) in [5, 5.41) is 18.3. The number of aliphatic hydroxyl groups excluding tert-OH is 1. The van der Waals surface area contributed by atoms with E-state index >= 15 is 0 Å². The molecule has 0 spiro atoms. The highest BCUT2D eigenvalue weighted by Crippen LogP contribution is 2.28. The lowest BCUT2D eigenvalue weighted by molar-refractivity contribution is 0.185. The number of aliphatic hydroxyl groups is 1. The van der Waals surface area contributed by atoms with E-state index in [1.54, 1.807) is 20.3 Å². The molecule has 1 aromatic heterocycles. The third-order valence-electron chi connectivity index (χ3n) is 5.19. The lowest BCUT2D eigenvalue weighted by atomic mass is 10.0. The zero-order valence-corrected chi connectivity index (χ0v) is 20.4. The second-order valence-electron chi connectivity index (χ2n) is 7.24. The van der Waals surface area contributed by atoms with E-state index < -0.39 is 6.10 Å². The van der Waals surface area contributed by atoms with E-state index in [0.29, 0.717) is 17.4 Å². The van der Waals surface area contributed by atoms with Gasteiger partial charge in [0.15, 0.2) is 5.96 Å². The summed E-state index contributed by atoms with van der Waals surface area (Å²) in [6.07, 6.45) is 4.34. The van der Waals surface area contributed by atoms with Gasteiger partial charge in [-0.2, -0.15) is 5.10 Å². The number of methoxy groups -OCH3 is 2. The topological polar surface area (TPSA) is 84.1 Å². The number of nitrogens with zero attached hydrogens (tertiary/aromatic N) is 4. The van der Waals surface area contributed by atoms with Gasteiger partial charge in [0.05, 0.1) is 33.1 Å². The van der Waals surface area contributed by atoms with Crippen molar-refractivity contribution in [1.82, 2.24) is 20.0 Å². The van der Waals surface area contributed by atoms with Gasteiger partial charge in [0, 0.05) is 44.9 Å². The Labute approximate surface area is 195 Å². The van der Waals surface area contributed by atoms with E-state index in [1.807, 2.05) is 37.0 Å². The fourth-order valence-electron chi connectivity index (χ4n) is 3.60. The maximum Gasteiger partial charge on any atom is 0.194 e. The van der Waals surface area contributed by atoms with Gasteiger partial charge in [-0.1, -0.05) is 0 Å². The second kappa shape index (κ2) is 11.4. The minimum atomic E-state index is -0.746. The van der Waals surface area contributed by atoms with Crippen LogP contribution in [-0.4, -0.2) is 66.1 Å². The van der Waals surface area contributed by atoms with Gasteiger partial charge in [0.1, 0.15) is 11.5 Å². The van der Waals surface area contributed by atoms with Crippen LogP contribution in [0.4, 0.5) is 0 Å². The Balaban J connectivity index is 0.00000320. The largest absolute Gasteiger partial charge is 0.497 e. The lowest BCUT2D eigenvalue weighted by Gasteiger charge is -2.22. The molecule has 9 heteroatoms. The minimum absolute atomic E-state index is 0. The number of hydrogen-bond acceptors (Lipinski definition) is 5. The number of likely N-dealkylation sites (tertiary alicyclic amines) is 1. The molecule has 2 aromatic rings. The number of aryl methyl sites for hydroxylation is 1. The van der Waals surface area contributed by atoms with Crippen molar-refractivity contribution in [3.05, 3.63) is 41.7 Å². The lowest BCUT2D eigenvalue weighted by Crippen LogP contribution is -2.40. The summed E-state index contributed by atoms with van der Waals surface area (Å²) >= 11 is 0. The van der Waals surface area contributed by atoms with Crippen LogP contribution in [0.15, 0.2) is 35.6 Å². The van der Waals surface area contributed by atoms with Crippen molar-refractivity contribution in [2.24, 2.45) is 12.0 Å². The average Bonchev–Trinajstić information content (AvgIpc) is 3.39. The van der Waals surface area contributed by atoms with Gasteiger partial charge in [0.25, 0.3) is 0 Å². The van der Waals surface area contributed by atoms with E-state index in [0.717, 1.165) is 37.6 Å². The molecule has 1 saturated heterocycles. The van der Waals surface area contributed by atoms with Crippen molar-refractivity contribution in [2.45, 2.75) is 25.4 Å². The molecule has 0 aliphatic carbocycles. The number of aliphatic imine (C=N–C) groups is 1. The first-order valence-electron chi connectivity index (χ1n) is 9.96. The van der Waals surface area contributed by atoms with Gasteiger partial charge in [-0.05, 0) is 36.6 Å². The molecule has 2 heterocycles. The highest BCUT2D eigenvalue weighted by molar-refractivity contribution is 14.0. The highest BCUT2D eigenvalue weighted by Gasteiger charge is 2.27. The summed E-state index contributed by atoms with van der Waals surface area (Å²) < 4.78 is 12.4. The van der Waals surface area contributed by atoms with Gasteiger partial charge in [0.2, 0.25) is 0 Å². The predicted octanol–water partition coefficient (Wildman–Crippen LogP) is 2.54. The highest BCUT2D eigenvalue weighted by atomic mass is 127. The Morgan fingerprint density at radius 1 is 1.30 bits per heavy atom. The maximum absolute atomic E-state index is 10.7. The summed E-state index contributed by atoms with van der Waals surface area (Å²) in [6, 6.07) is 5.40. The first-order chi connectivity index (χ1) is 14.0. The number of ether oxygens (including phenoxy) is 2. The molecule has 0 saturated carbocycles. The molecule has 2 atom stereocenters. The van der Waals surface area contributed by atoms with Crippen molar-refractivity contribution in [3.63, 3.8) is 0 Å². The molecule has 1 aromatic carbocycles. The Kier molecular flexibility index (Phi) is 9.22. The Hall–Kier alpha value is -2.01. The summed E-state index contributed by atoms with van der Waals surface area (Å²) in [4.78, 5) is 6.95. The number of aromatic nitrogens is 2. The van der Waals surface area contributed by atoms with Crippen molar-refractivity contribution in [1.29, 1.82) is 0 Å². The summed E-state index contributed by atoms with van der Waals surface area (Å²) in [5.41, 5.74) is 1.98. The monoisotopic (exact) mass is 529 g/mol. The molecule has 0 bridgehead atoms. The normalized spacial score (nSPS) is 17.4. The van der Waals surface area contributed by atoms with Crippen LogP contribution in [0.1, 0.15) is 36.5 Å². The minimum Gasteiger partial charge on any atom is -0.497 e. The van der Waals surface area contributed by atoms with Crippen LogP contribution in [0, 0.1) is 0 Å². The number of halogens is 1. The molecule has 0 radical (unpaired) electrons. The first kappa shape index (κ1) is 24.3. The fraction of sp³-hybridized carbons (Fsp3) is 0.524. The van der Waals surface area contributed by atoms with E-state index in [2.05, 4.69) is 21.5 Å². The van der Waals surface area contributed by atoms with Crippen LogP contribution >= 0.6 is 24.0 Å². The van der Waals surface area contributed by atoms with Crippen LogP contribution in [-0.2, 0) is 7.05 Å². The van der Waals surface area contributed by atoms with Gasteiger partial charge >= 0.3 is 0 Å². The molecular weight excluding hydrogens is 497 g/mol. The van der Waals surface area contributed by atoms with Crippen LogP contribution in [0.5, 0.6) is 11.5 Å². The Morgan fingerprint density at radius 3 is 2.57 bits per heavy atom. The number of guanidine groups is 1. The van der Waals surface area contributed by atoms with E-state index in [9.17, 15) is 5.11 Å². The fourth-order valence-corrected chi connectivity index (χ4v) is 3.60. The van der Waals surface area contributed by atoms with Crippen molar-refractivity contribution < 1.29 is 14.6 Å². The summed E-state index contributed by atoms with van der Waals surface area (Å²) in [5.74, 6) is 2.56. The molecule has 8 nitrogen and oxygen atoms in total. The maximum atomic E-state index is 10.7. The van der Waals surface area contributed by atoms with Gasteiger partial charge in [-0.3, -0.25) is 9.67 Å². The molecule has 1 aliphatic rings. The van der Waals surface area contributed by atoms with Gasteiger partial charge in [-0.15, -0.1) is 24.0 Å². The summed E-state index contributed by atoms with van der Waals surface area (Å²) in [6.45, 7) is 4.89. The standard InChI is InChI=1S/C21H31N5O3.HI/c1-5-22-21(26-7-6-15(14-26)17-11-24-25(2)13-17)23-12-20(27)16-8-18(28-3)10-19(9-16)29-4;/h8-11,13,15,20,27H,5-7,12,14H2,1-4H3,(H,22,23);1H. The Bertz CT molecular complexity index is 820. The molecule has 3 rings (SSSR count). The van der Waals surface area contributed by atoms with Crippen LogP contribution in [0.25, 0.3) is 0 Å². The molecule has 166 valence electrons. The quantitative estimate of drug-likeness (QED) is 0.326. The predicted molar refractivity (Wildman–Crippen MR) is 128 cm³/mol. The molecule has 2 N–H and O–H groups in total. The second-order valence-corrected chi connectivity index (χ2v) is 7.24. The van der Waals surface area contributed by atoms with Crippen LogP contribution < -0.4 is 14.8 Å².